The highest BCUT2D eigenvalue weighted by Gasteiger charge is 2.14. The maximum atomic E-state index is 10.7. The predicted octanol–water partition coefficient (Wildman–Crippen LogP) is 3.41. The van der Waals surface area contributed by atoms with Crippen LogP contribution in [0.2, 0.25) is 5.02 Å². The molecule has 0 amide bonds. The van der Waals surface area contributed by atoms with Gasteiger partial charge < -0.3 is 20.0 Å². The molecule has 8 heteroatoms. The first-order chi connectivity index (χ1) is 11.0. The van der Waals surface area contributed by atoms with E-state index in [0.29, 0.717) is 23.9 Å². The monoisotopic (exact) mass is 331 g/mol. The van der Waals surface area contributed by atoms with E-state index in [-0.39, 0.29) is 5.82 Å². The van der Waals surface area contributed by atoms with Crippen molar-refractivity contribution in [3.05, 3.63) is 57.6 Å². The van der Waals surface area contributed by atoms with Gasteiger partial charge in [0.25, 0.3) is 0 Å². The number of anilines is 1. The van der Waals surface area contributed by atoms with Crippen LogP contribution in [0.15, 0.2) is 36.7 Å². The molecule has 0 aliphatic rings. The Labute approximate surface area is 137 Å². The second kappa shape index (κ2) is 6.21. The van der Waals surface area contributed by atoms with E-state index in [0.717, 1.165) is 16.6 Å². The van der Waals surface area contributed by atoms with Crippen molar-refractivity contribution in [1.29, 1.82) is 0 Å². The topological polar surface area (TPSA) is 85.9 Å². The molecule has 0 spiro atoms. The Morgan fingerprint density at radius 3 is 2.96 bits per heavy atom. The van der Waals surface area contributed by atoms with E-state index in [1.54, 1.807) is 17.7 Å². The third kappa shape index (κ3) is 3.24. The van der Waals surface area contributed by atoms with Crippen molar-refractivity contribution >= 4 is 34.0 Å². The van der Waals surface area contributed by atoms with Crippen molar-refractivity contribution < 1.29 is 4.92 Å². The maximum absolute atomic E-state index is 10.7. The molecule has 0 bridgehead atoms. The van der Waals surface area contributed by atoms with Crippen LogP contribution < -0.4 is 5.32 Å². The molecule has 3 aromatic rings. The van der Waals surface area contributed by atoms with Crippen LogP contribution >= 0.6 is 11.6 Å². The van der Waals surface area contributed by atoms with E-state index in [2.05, 4.69) is 15.3 Å². The molecule has 0 saturated carbocycles. The van der Waals surface area contributed by atoms with Gasteiger partial charge in [0.15, 0.2) is 0 Å². The van der Waals surface area contributed by atoms with Crippen LogP contribution in [0.25, 0.3) is 10.9 Å². The fraction of sp³-hybridized carbons (Fsp3) is 0.200. The van der Waals surface area contributed by atoms with Gasteiger partial charge in [0, 0.05) is 42.3 Å². The molecule has 23 heavy (non-hydrogen) atoms. The van der Waals surface area contributed by atoms with E-state index < -0.39 is 4.92 Å². The fourth-order valence-electron chi connectivity index (χ4n) is 2.39. The average Bonchev–Trinajstić information content (AvgIpc) is 2.88. The van der Waals surface area contributed by atoms with Gasteiger partial charge in [-0.05, 0) is 34.2 Å². The Morgan fingerprint density at radius 2 is 2.22 bits per heavy atom. The molecule has 0 aliphatic heterocycles. The van der Waals surface area contributed by atoms with Crippen molar-refractivity contribution in [2.24, 2.45) is 0 Å². The van der Waals surface area contributed by atoms with Crippen molar-refractivity contribution in [3.8, 4) is 0 Å². The van der Waals surface area contributed by atoms with Crippen molar-refractivity contribution in [1.82, 2.24) is 14.5 Å². The lowest BCUT2D eigenvalue weighted by Gasteiger charge is -2.10. The largest absolute Gasteiger partial charge is 0.383 e. The first kappa shape index (κ1) is 15.2. The normalized spacial score (nSPS) is 10.9. The van der Waals surface area contributed by atoms with Gasteiger partial charge in [-0.3, -0.25) is 4.98 Å². The van der Waals surface area contributed by atoms with Crippen LogP contribution in [0.5, 0.6) is 0 Å². The highest BCUT2D eigenvalue weighted by Crippen LogP contribution is 2.24. The number of hydrogen-bond donors (Lipinski definition) is 1. The Balaban J connectivity index is 1.73. The Kier molecular flexibility index (Phi) is 4.12. The average molecular weight is 332 g/mol. The zero-order chi connectivity index (χ0) is 16.4. The minimum Gasteiger partial charge on any atom is -0.383 e. The maximum Gasteiger partial charge on any atom is 0.381 e. The number of nitro groups is 1. The van der Waals surface area contributed by atoms with Crippen molar-refractivity contribution in [3.63, 3.8) is 0 Å². The number of rotatable bonds is 5. The lowest BCUT2D eigenvalue weighted by Crippen LogP contribution is -2.11. The molecule has 2 aromatic heterocycles. The summed E-state index contributed by atoms with van der Waals surface area (Å²) in [5.41, 5.74) is 1.76. The summed E-state index contributed by atoms with van der Waals surface area (Å²) < 4.78 is 1.76. The number of halogens is 1. The molecule has 7 nitrogen and oxygen atoms in total. The van der Waals surface area contributed by atoms with Crippen LogP contribution in [0, 0.1) is 17.0 Å². The third-order valence-corrected chi connectivity index (χ3v) is 3.76. The van der Waals surface area contributed by atoms with E-state index in [9.17, 15) is 10.1 Å². The van der Waals surface area contributed by atoms with Gasteiger partial charge in [-0.2, -0.15) is 0 Å². The molecule has 3 rings (SSSR count). The number of benzene rings is 1. The van der Waals surface area contributed by atoms with Gasteiger partial charge in [-0.25, -0.2) is 0 Å². The van der Waals surface area contributed by atoms with E-state index >= 15 is 0 Å². The Bertz CT molecular complexity index is 877. The molecule has 1 aromatic carbocycles. The van der Waals surface area contributed by atoms with E-state index in [1.165, 1.54) is 6.20 Å². The van der Waals surface area contributed by atoms with Crippen molar-refractivity contribution in [2.75, 3.05) is 11.9 Å². The Hall–Kier alpha value is -2.67. The highest BCUT2D eigenvalue weighted by molar-refractivity contribution is 6.31. The van der Waals surface area contributed by atoms with Gasteiger partial charge in [-0.15, -0.1) is 0 Å². The minimum atomic E-state index is -0.489. The molecule has 0 unspecified atom stereocenters. The second-order valence-electron chi connectivity index (χ2n) is 5.04. The molecule has 0 saturated heterocycles. The number of imidazole rings is 1. The minimum absolute atomic E-state index is 0.133. The van der Waals surface area contributed by atoms with Gasteiger partial charge in [0.05, 0.1) is 5.52 Å². The lowest BCUT2D eigenvalue weighted by atomic mass is 10.2. The molecular weight excluding hydrogens is 318 g/mol. The van der Waals surface area contributed by atoms with Crippen LogP contribution in [0.4, 0.5) is 11.5 Å². The molecule has 0 fully saturated rings. The molecule has 2 heterocycles. The molecule has 118 valence electrons. The molecule has 0 atom stereocenters. The standard InChI is InChI=1S/C15H14ClN5O2/c1-10-19-15(21(22)23)9-20(10)7-6-18-13-4-5-17-14-8-11(16)2-3-12(13)14/h2-5,8-9H,6-7H2,1H3,(H,17,18). The number of nitrogens with one attached hydrogen (secondary N) is 1. The predicted molar refractivity (Wildman–Crippen MR) is 88.9 cm³/mol. The van der Waals surface area contributed by atoms with Crippen molar-refractivity contribution in [2.45, 2.75) is 13.5 Å². The number of pyridine rings is 1. The number of nitrogens with zero attached hydrogens (tertiary/aromatic N) is 4. The SMILES string of the molecule is Cc1nc([N+](=O)[O-])cn1CCNc1ccnc2cc(Cl)ccc12. The second-order valence-corrected chi connectivity index (χ2v) is 5.48. The summed E-state index contributed by atoms with van der Waals surface area (Å²) in [6.45, 7) is 2.93. The number of aryl methyl sites for hydroxylation is 1. The summed E-state index contributed by atoms with van der Waals surface area (Å²) in [5.74, 6) is 0.483. The van der Waals surface area contributed by atoms with E-state index in [1.807, 2.05) is 24.3 Å². The summed E-state index contributed by atoms with van der Waals surface area (Å²) in [6, 6.07) is 7.44. The van der Waals surface area contributed by atoms with Gasteiger partial charge in [0.1, 0.15) is 6.20 Å². The molecule has 1 N–H and O–H groups in total. The van der Waals surface area contributed by atoms with Gasteiger partial charge in [0.2, 0.25) is 5.82 Å². The lowest BCUT2D eigenvalue weighted by molar-refractivity contribution is -0.389. The first-order valence-corrected chi connectivity index (χ1v) is 7.39. The van der Waals surface area contributed by atoms with Gasteiger partial charge >= 0.3 is 5.82 Å². The summed E-state index contributed by atoms with van der Waals surface area (Å²) >= 11 is 5.97. The molecule has 0 radical (unpaired) electrons. The summed E-state index contributed by atoms with van der Waals surface area (Å²) in [6.07, 6.45) is 3.16. The summed E-state index contributed by atoms with van der Waals surface area (Å²) in [5, 5.41) is 15.7. The summed E-state index contributed by atoms with van der Waals surface area (Å²) in [7, 11) is 0. The zero-order valence-electron chi connectivity index (χ0n) is 12.4. The van der Waals surface area contributed by atoms with Crippen LogP contribution in [-0.4, -0.2) is 26.0 Å². The quantitative estimate of drug-likeness (QED) is 0.572. The number of aromatic nitrogens is 3. The first-order valence-electron chi connectivity index (χ1n) is 7.01. The van der Waals surface area contributed by atoms with Gasteiger partial charge in [-0.1, -0.05) is 11.6 Å². The zero-order valence-corrected chi connectivity index (χ0v) is 13.1. The smallest absolute Gasteiger partial charge is 0.381 e. The van der Waals surface area contributed by atoms with E-state index in [4.69, 9.17) is 11.6 Å². The highest BCUT2D eigenvalue weighted by atomic mass is 35.5. The number of hydrogen-bond acceptors (Lipinski definition) is 5. The number of fused-ring (bicyclic) bond motifs is 1. The Morgan fingerprint density at radius 1 is 1.39 bits per heavy atom. The fourth-order valence-corrected chi connectivity index (χ4v) is 2.56. The summed E-state index contributed by atoms with van der Waals surface area (Å²) in [4.78, 5) is 18.4. The molecule has 0 aliphatic carbocycles. The third-order valence-electron chi connectivity index (χ3n) is 3.52. The van der Waals surface area contributed by atoms with Crippen LogP contribution in [0.3, 0.4) is 0 Å². The molecular formula is C15H14ClN5O2. The van der Waals surface area contributed by atoms with Crippen LogP contribution in [0.1, 0.15) is 5.82 Å². The van der Waals surface area contributed by atoms with Crippen LogP contribution in [-0.2, 0) is 6.54 Å².